The number of rotatable bonds is 4. The molecule has 8 nitrogen and oxygen atoms in total. The highest BCUT2D eigenvalue weighted by molar-refractivity contribution is 5.91. The van der Waals surface area contributed by atoms with Crippen LogP contribution in [0.1, 0.15) is 5.56 Å². The molecule has 33 heavy (non-hydrogen) atoms. The number of fused-ring (bicyclic) bond motifs is 1. The number of ether oxygens (including phenoxy) is 1. The van der Waals surface area contributed by atoms with Gasteiger partial charge in [0, 0.05) is 38.4 Å². The lowest BCUT2D eigenvalue weighted by Gasteiger charge is -2.34. The minimum absolute atomic E-state index is 0.0628. The third-order valence-electron chi connectivity index (χ3n) is 5.30. The predicted octanol–water partition coefficient (Wildman–Crippen LogP) is 2.80. The normalized spacial score (nSPS) is 17.4. The van der Waals surface area contributed by atoms with Gasteiger partial charge in [-0.1, -0.05) is 0 Å². The molecule has 1 N–H and O–H groups in total. The van der Waals surface area contributed by atoms with Crippen LogP contribution in [0.4, 0.5) is 27.9 Å². The van der Waals surface area contributed by atoms with Crippen LogP contribution in [0.3, 0.4) is 0 Å². The Morgan fingerprint density at radius 1 is 1.24 bits per heavy atom. The van der Waals surface area contributed by atoms with E-state index in [0.29, 0.717) is 32.2 Å². The Kier molecular flexibility index (Phi) is 5.86. The largest absolute Gasteiger partial charge is 0.503 e. The lowest BCUT2D eigenvalue weighted by atomic mass is 10.0. The van der Waals surface area contributed by atoms with E-state index < -0.39 is 34.7 Å². The first kappa shape index (κ1) is 23.1. The molecule has 1 aliphatic rings. The molecule has 0 radical (unpaired) electrons. The highest BCUT2D eigenvalue weighted by atomic mass is 19.4. The van der Waals surface area contributed by atoms with Crippen LogP contribution in [0.25, 0.3) is 22.3 Å². The van der Waals surface area contributed by atoms with Crippen molar-refractivity contribution in [2.75, 3.05) is 45.2 Å². The molecule has 0 aliphatic carbocycles. The fourth-order valence-electron chi connectivity index (χ4n) is 3.80. The number of benzene rings is 1. The molecule has 0 spiro atoms. The topological polar surface area (TPSA) is 79.5 Å². The average molecular weight is 472 g/mol. The molecule has 13 heteroatoms. The molecule has 4 rings (SSSR count). The van der Waals surface area contributed by atoms with Crippen molar-refractivity contribution in [3.8, 4) is 17.0 Å². The van der Waals surface area contributed by atoms with E-state index in [-0.39, 0.29) is 28.9 Å². The zero-order chi connectivity index (χ0) is 24.1. The van der Waals surface area contributed by atoms with E-state index >= 15 is 0 Å². The summed E-state index contributed by atoms with van der Waals surface area (Å²) in [6.07, 6.45) is -3.88. The molecule has 2 aromatic heterocycles. The molecule has 178 valence electrons. The van der Waals surface area contributed by atoms with Crippen LogP contribution in [0.15, 0.2) is 12.3 Å². The second-order valence-corrected chi connectivity index (χ2v) is 8.03. The van der Waals surface area contributed by atoms with E-state index in [2.05, 4.69) is 15.1 Å². The Morgan fingerprint density at radius 3 is 2.64 bits per heavy atom. The molecule has 1 aromatic carbocycles. The van der Waals surface area contributed by atoms with Crippen LogP contribution >= 0.6 is 0 Å². The van der Waals surface area contributed by atoms with Crippen LogP contribution < -0.4 is 4.90 Å². The van der Waals surface area contributed by atoms with Crippen molar-refractivity contribution >= 4 is 17.0 Å². The maximum atomic E-state index is 14.6. The Balaban J connectivity index is 1.76. The number of alkyl halides is 3. The maximum Gasteiger partial charge on any atom is 0.419 e. The van der Waals surface area contributed by atoms with Gasteiger partial charge in [0.15, 0.2) is 23.0 Å². The lowest BCUT2D eigenvalue weighted by Crippen LogP contribution is -2.47. The second-order valence-electron chi connectivity index (χ2n) is 8.03. The van der Waals surface area contributed by atoms with Gasteiger partial charge < -0.3 is 19.6 Å². The van der Waals surface area contributed by atoms with Crippen molar-refractivity contribution in [3.63, 3.8) is 0 Å². The number of nitrogens with zero attached hydrogens (tertiary/aromatic N) is 6. The van der Waals surface area contributed by atoms with Crippen molar-refractivity contribution in [2.24, 2.45) is 7.05 Å². The number of hydrogen-bond acceptors (Lipinski definition) is 7. The van der Waals surface area contributed by atoms with Gasteiger partial charge in [0.25, 0.3) is 0 Å². The molecular weight excluding hydrogens is 451 g/mol. The van der Waals surface area contributed by atoms with Gasteiger partial charge in [0.1, 0.15) is 5.69 Å². The first-order chi connectivity index (χ1) is 15.5. The molecule has 0 amide bonds. The van der Waals surface area contributed by atoms with Crippen LogP contribution in [-0.4, -0.2) is 76.2 Å². The van der Waals surface area contributed by atoms with Gasteiger partial charge in [-0.05, 0) is 20.2 Å². The van der Waals surface area contributed by atoms with Gasteiger partial charge in [-0.15, -0.1) is 0 Å². The molecule has 0 bridgehead atoms. The number of morpholine rings is 1. The number of hydrogen-bond donors (Lipinski definition) is 1. The van der Waals surface area contributed by atoms with Gasteiger partial charge >= 0.3 is 6.18 Å². The number of anilines is 1. The standard InChI is InChI=1S/C20H21F5N6O2/c1-29(2)8-10-9-31(4-5-33-10)19-26-7-12-16(28-30(3)18(12)27-19)11-6-13(20(23,24)25)15(22)17(32)14(11)21/h6-7,10,32H,4-5,8-9H2,1-3H3. The van der Waals surface area contributed by atoms with Gasteiger partial charge in [-0.3, -0.25) is 0 Å². The molecule has 1 aliphatic heterocycles. The third kappa shape index (κ3) is 4.29. The Bertz CT molecular complexity index is 1200. The van der Waals surface area contributed by atoms with E-state index in [1.165, 1.54) is 17.9 Å². The average Bonchev–Trinajstić information content (AvgIpc) is 3.07. The molecule has 1 unspecified atom stereocenters. The zero-order valence-electron chi connectivity index (χ0n) is 18.0. The van der Waals surface area contributed by atoms with Crippen LogP contribution in [0.2, 0.25) is 0 Å². The smallest absolute Gasteiger partial charge is 0.419 e. The van der Waals surface area contributed by atoms with Gasteiger partial charge in [0.2, 0.25) is 5.95 Å². The number of aromatic nitrogens is 4. The number of aromatic hydroxyl groups is 1. The lowest BCUT2D eigenvalue weighted by molar-refractivity contribution is -0.140. The Labute approximate surface area is 185 Å². The van der Waals surface area contributed by atoms with E-state index in [4.69, 9.17) is 4.74 Å². The number of phenolic OH excluding ortho intramolecular Hbond substituents is 1. The van der Waals surface area contributed by atoms with Crippen molar-refractivity contribution < 1.29 is 31.8 Å². The predicted molar refractivity (Wildman–Crippen MR) is 109 cm³/mol. The van der Waals surface area contributed by atoms with Crippen molar-refractivity contribution in [1.29, 1.82) is 0 Å². The summed E-state index contributed by atoms with van der Waals surface area (Å²) in [7, 11) is 5.35. The van der Waals surface area contributed by atoms with Crippen molar-refractivity contribution in [1.82, 2.24) is 24.6 Å². The fourth-order valence-corrected chi connectivity index (χ4v) is 3.80. The summed E-state index contributed by atoms with van der Waals surface area (Å²) in [5.74, 6) is -5.00. The van der Waals surface area contributed by atoms with Crippen molar-refractivity contribution in [2.45, 2.75) is 12.3 Å². The summed E-state index contributed by atoms with van der Waals surface area (Å²) in [5, 5.41) is 13.9. The van der Waals surface area contributed by atoms with Gasteiger partial charge in [0.05, 0.1) is 23.7 Å². The first-order valence-electron chi connectivity index (χ1n) is 9.97. The summed E-state index contributed by atoms with van der Waals surface area (Å²) in [6, 6.07) is 0.286. The van der Waals surface area contributed by atoms with Gasteiger partial charge in [-0.2, -0.15) is 23.3 Å². The summed E-state index contributed by atoms with van der Waals surface area (Å²) in [4.78, 5) is 12.7. The van der Waals surface area contributed by atoms with E-state index in [0.717, 1.165) is 0 Å². The minimum atomic E-state index is -5.14. The second kappa shape index (κ2) is 8.37. The molecule has 0 saturated carbocycles. The first-order valence-corrected chi connectivity index (χ1v) is 9.97. The summed E-state index contributed by atoms with van der Waals surface area (Å²) in [5.41, 5.74) is -2.51. The molecule has 1 atom stereocenters. The number of halogens is 5. The third-order valence-corrected chi connectivity index (χ3v) is 5.30. The highest BCUT2D eigenvalue weighted by Gasteiger charge is 2.38. The van der Waals surface area contributed by atoms with E-state index in [9.17, 15) is 27.1 Å². The SMILES string of the molecule is CN(C)CC1CN(c2ncc3c(-c4cc(C(F)(F)F)c(F)c(O)c4F)nn(C)c3n2)CCO1. The quantitative estimate of drug-likeness (QED) is 0.585. The molecule has 3 aromatic rings. The fraction of sp³-hybridized carbons (Fsp3) is 0.450. The Morgan fingerprint density at radius 2 is 1.97 bits per heavy atom. The summed E-state index contributed by atoms with van der Waals surface area (Å²) < 4.78 is 75.1. The summed E-state index contributed by atoms with van der Waals surface area (Å²) >= 11 is 0. The van der Waals surface area contributed by atoms with Crippen molar-refractivity contribution in [3.05, 3.63) is 29.5 Å². The number of phenols is 1. The monoisotopic (exact) mass is 472 g/mol. The van der Waals surface area contributed by atoms with E-state index in [1.54, 1.807) is 0 Å². The molecule has 1 saturated heterocycles. The van der Waals surface area contributed by atoms with E-state index in [1.807, 2.05) is 23.9 Å². The maximum absolute atomic E-state index is 14.6. The number of aryl methyl sites for hydroxylation is 1. The Hall–Kier alpha value is -3.06. The molecule has 3 heterocycles. The highest BCUT2D eigenvalue weighted by Crippen LogP contribution is 2.41. The zero-order valence-corrected chi connectivity index (χ0v) is 18.0. The molecular formula is C20H21F5N6O2. The molecule has 1 fully saturated rings. The van der Waals surface area contributed by atoms with Crippen LogP contribution in [-0.2, 0) is 18.0 Å². The van der Waals surface area contributed by atoms with Crippen LogP contribution in [0.5, 0.6) is 5.75 Å². The van der Waals surface area contributed by atoms with Crippen LogP contribution in [0, 0.1) is 11.6 Å². The van der Waals surface area contributed by atoms with Gasteiger partial charge in [-0.25, -0.2) is 18.4 Å². The summed E-state index contributed by atoms with van der Waals surface area (Å²) in [6.45, 7) is 2.24. The number of likely N-dealkylation sites (N-methyl/N-ethyl adjacent to an activating group) is 1. The minimum Gasteiger partial charge on any atom is -0.503 e.